The number of benzene rings is 1. The van der Waals surface area contributed by atoms with Gasteiger partial charge in [-0.3, -0.25) is 0 Å². The summed E-state index contributed by atoms with van der Waals surface area (Å²) in [5.41, 5.74) is 3.71. The predicted octanol–water partition coefficient (Wildman–Crippen LogP) is 4.56. The first-order chi connectivity index (χ1) is 10.2. The van der Waals surface area contributed by atoms with Gasteiger partial charge in [0.1, 0.15) is 5.82 Å². The molecule has 3 heteroatoms. The molecule has 112 valence electrons. The van der Waals surface area contributed by atoms with Crippen LogP contribution < -0.4 is 0 Å². The number of halogens is 1. The number of hydrogen-bond acceptors (Lipinski definition) is 1. The Morgan fingerprint density at radius 1 is 1.29 bits per heavy atom. The molecule has 1 heterocycles. The highest BCUT2D eigenvalue weighted by atomic mass is 35.5. The molecule has 1 aromatic carbocycles. The molecule has 2 aliphatic rings. The highest BCUT2D eigenvalue weighted by Crippen LogP contribution is 2.49. The Bertz CT molecular complexity index is 661. The number of aromatic nitrogens is 2. The summed E-state index contributed by atoms with van der Waals surface area (Å²) in [7, 11) is 0. The summed E-state index contributed by atoms with van der Waals surface area (Å²) in [6.07, 6.45) is 6.69. The summed E-state index contributed by atoms with van der Waals surface area (Å²) in [6, 6.07) is 6.64. The van der Waals surface area contributed by atoms with Crippen molar-refractivity contribution >= 4 is 22.6 Å². The molecule has 2 aliphatic carbocycles. The molecule has 0 N–H and O–H groups in total. The molecule has 4 rings (SSSR count). The van der Waals surface area contributed by atoms with E-state index in [0.29, 0.717) is 5.88 Å². The summed E-state index contributed by atoms with van der Waals surface area (Å²) in [5, 5.41) is 0. The third-order valence-electron chi connectivity index (χ3n) is 5.60. The fourth-order valence-corrected chi connectivity index (χ4v) is 4.77. The van der Waals surface area contributed by atoms with E-state index in [0.717, 1.165) is 36.2 Å². The molecule has 1 aromatic heterocycles. The predicted molar refractivity (Wildman–Crippen MR) is 87.8 cm³/mol. The molecule has 3 unspecified atom stereocenters. The Morgan fingerprint density at radius 2 is 2.19 bits per heavy atom. The molecule has 0 radical (unpaired) electrons. The normalized spacial score (nSPS) is 27.8. The van der Waals surface area contributed by atoms with Gasteiger partial charge in [-0.05, 0) is 61.6 Å². The lowest BCUT2D eigenvalue weighted by molar-refractivity contribution is 0.296. The Labute approximate surface area is 131 Å². The van der Waals surface area contributed by atoms with Crippen LogP contribution in [0.15, 0.2) is 18.2 Å². The Kier molecular flexibility index (Phi) is 3.45. The average Bonchev–Trinajstić information content (AvgIpc) is 3.14. The number of rotatable bonds is 4. The van der Waals surface area contributed by atoms with Gasteiger partial charge in [0.05, 0.1) is 11.0 Å². The van der Waals surface area contributed by atoms with Gasteiger partial charge in [0.25, 0.3) is 0 Å². The minimum atomic E-state index is 0.652. The highest BCUT2D eigenvalue weighted by molar-refractivity contribution is 6.17. The fourth-order valence-electron chi connectivity index (χ4n) is 4.60. The number of nitrogens with zero attached hydrogens (tertiary/aromatic N) is 2. The van der Waals surface area contributed by atoms with Crippen LogP contribution >= 0.6 is 11.6 Å². The largest absolute Gasteiger partial charge is 0.328 e. The van der Waals surface area contributed by atoms with E-state index in [4.69, 9.17) is 16.6 Å². The first-order valence-electron chi connectivity index (χ1n) is 8.26. The molecule has 21 heavy (non-hydrogen) atoms. The van der Waals surface area contributed by atoms with Crippen LogP contribution in [0, 0.1) is 24.7 Å². The Hall–Kier alpha value is -1.02. The molecule has 2 nitrogen and oxygen atoms in total. The van der Waals surface area contributed by atoms with Crippen molar-refractivity contribution < 1.29 is 0 Å². The van der Waals surface area contributed by atoms with Gasteiger partial charge >= 0.3 is 0 Å². The second kappa shape index (κ2) is 5.31. The van der Waals surface area contributed by atoms with Gasteiger partial charge in [-0.2, -0.15) is 0 Å². The summed E-state index contributed by atoms with van der Waals surface area (Å²) < 4.78 is 2.46. The maximum absolute atomic E-state index is 5.99. The quantitative estimate of drug-likeness (QED) is 0.757. The lowest BCUT2D eigenvalue weighted by Crippen LogP contribution is -2.19. The summed E-state index contributed by atoms with van der Waals surface area (Å²) in [4.78, 5) is 4.85. The van der Waals surface area contributed by atoms with E-state index >= 15 is 0 Å². The maximum atomic E-state index is 5.99. The summed E-state index contributed by atoms with van der Waals surface area (Å²) >= 11 is 5.99. The van der Waals surface area contributed by atoms with E-state index in [-0.39, 0.29) is 0 Å². The van der Waals surface area contributed by atoms with E-state index in [9.17, 15) is 0 Å². The minimum absolute atomic E-state index is 0.652. The molecule has 0 saturated heterocycles. The second-order valence-electron chi connectivity index (χ2n) is 7.00. The lowest BCUT2D eigenvalue weighted by Gasteiger charge is -2.23. The van der Waals surface area contributed by atoms with E-state index in [1.165, 1.54) is 42.6 Å². The van der Waals surface area contributed by atoms with Crippen molar-refractivity contribution in [2.75, 3.05) is 5.88 Å². The van der Waals surface area contributed by atoms with E-state index in [2.05, 4.69) is 29.7 Å². The monoisotopic (exact) mass is 302 g/mol. The highest BCUT2D eigenvalue weighted by Gasteiger charge is 2.39. The van der Waals surface area contributed by atoms with Gasteiger partial charge < -0.3 is 4.57 Å². The van der Waals surface area contributed by atoms with Crippen LogP contribution in [0.4, 0.5) is 0 Å². The molecular formula is C18H23ClN2. The lowest BCUT2D eigenvalue weighted by atomic mass is 9.88. The van der Waals surface area contributed by atoms with Crippen LogP contribution in [0.1, 0.15) is 37.1 Å². The third-order valence-corrected chi connectivity index (χ3v) is 5.79. The van der Waals surface area contributed by atoms with Crippen LogP contribution in [0.2, 0.25) is 0 Å². The fraction of sp³-hybridized carbons (Fsp3) is 0.611. The number of imidazole rings is 1. The number of alkyl halides is 1. The zero-order valence-electron chi connectivity index (χ0n) is 12.7. The van der Waals surface area contributed by atoms with E-state index in [1.807, 2.05) is 0 Å². The molecule has 2 aromatic rings. The Balaban J connectivity index is 1.70. The van der Waals surface area contributed by atoms with Crippen molar-refractivity contribution in [2.45, 2.75) is 45.6 Å². The van der Waals surface area contributed by atoms with Crippen molar-refractivity contribution in [2.24, 2.45) is 17.8 Å². The third kappa shape index (κ3) is 2.38. The van der Waals surface area contributed by atoms with Gasteiger partial charge in [0, 0.05) is 18.8 Å². The number of aryl methyl sites for hydroxylation is 2. The first kappa shape index (κ1) is 13.6. The molecule has 0 aliphatic heterocycles. The van der Waals surface area contributed by atoms with Crippen molar-refractivity contribution in [3.8, 4) is 0 Å². The summed E-state index contributed by atoms with van der Waals surface area (Å²) in [6.45, 7) is 3.28. The standard InChI is InChI=1S/C18H23ClN2/c1-12-2-5-17-16(8-12)20-18(6-7-19)21(17)11-15-10-13-3-4-14(15)9-13/h2,5,8,13-15H,3-4,6-7,9-11H2,1H3. The van der Waals surface area contributed by atoms with Crippen LogP contribution in [0.5, 0.6) is 0 Å². The second-order valence-corrected chi connectivity index (χ2v) is 7.38. The molecule has 2 saturated carbocycles. The topological polar surface area (TPSA) is 17.8 Å². The SMILES string of the molecule is Cc1ccc2c(c1)nc(CCCl)n2CC1CC2CCC1C2. The van der Waals surface area contributed by atoms with Crippen molar-refractivity contribution in [1.82, 2.24) is 9.55 Å². The molecule has 2 fully saturated rings. The van der Waals surface area contributed by atoms with Crippen molar-refractivity contribution in [3.05, 3.63) is 29.6 Å². The summed E-state index contributed by atoms with van der Waals surface area (Å²) in [5.74, 6) is 4.65. The van der Waals surface area contributed by atoms with Crippen LogP contribution in [-0.2, 0) is 13.0 Å². The Morgan fingerprint density at radius 3 is 2.90 bits per heavy atom. The van der Waals surface area contributed by atoms with E-state index in [1.54, 1.807) is 0 Å². The zero-order valence-corrected chi connectivity index (χ0v) is 13.4. The van der Waals surface area contributed by atoms with Gasteiger partial charge in [-0.1, -0.05) is 12.5 Å². The van der Waals surface area contributed by atoms with Gasteiger partial charge in [0.2, 0.25) is 0 Å². The van der Waals surface area contributed by atoms with Crippen molar-refractivity contribution in [3.63, 3.8) is 0 Å². The smallest absolute Gasteiger partial charge is 0.111 e. The zero-order chi connectivity index (χ0) is 14.4. The van der Waals surface area contributed by atoms with Gasteiger partial charge in [0.15, 0.2) is 0 Å². The minimum Gasteiger partial charge on any atom is -0.328 e. The molecular weight excluding hydrogens is 280 g/mol. The maximum Gasteiger partial charge on any atom is 0.111 e. The molecule has 2 bridgehead atoms. The van der Waals surface area contributed by atoms with Crippen LogP contribution in [0.25, 0.3) is 11.0 Å². The van der Waals surface area contributed by atoms with Gasteiger partial charge in [-0.25, -0.2) is 4.98 Å². The molecule has 0 spiro atoms. The van der Waals surface area contributed by atoms with Gasteiger partial charge in [-0.15, -0.1) is 11.6 Å². The van der Waals surface area contributed by atoms with Crippen LogP contribution in [0.3, 0.4) is 0 Å². The van der Waals surface area contributed by atoms with Crippen LogP contribution in [-0.4, -0.2) is 15.4 Å². The molecule has 0 amide bonds. The van der Waals surface area contributed by atoms with E-state index < -0.39 is 0 Å². The number of hydrogen-bond donors (Lipinski definition) is 0. The first-order valence-corrected chi connectivity index (χ1v) is 8.80. The number of fused-ring (bicyclic) bond motifs is 3. The average molecular weight is 303 g/mol. The molecule has 3 atom stereocenters. The van der Waals surface area contributed by atoms with Crippen molar-refractivity contribution in [1.29, 1.82) is 0 Å².